The number of carbonyl (C=O) groups excluding carboxylic acids is 4. The van der Waals surface area contributed by atoms with Gasteiger partial charge in [-0.3, -0.25) is 33.8 Å². The lowest BCUT2D eigenvalue weighted by Gasteiger charge is -2.39. The lowest BCUT2D eigenvalue weighted by molar-refractivity contribution is -0.137. The van der Waals surface area contributed by atoms with Gasteiger partial charge in [-0.05, 0) is 86.1 Å². The molecule has 5 aliphatic heterocycles. The van der Waals surface area contributed by atoms with E-state index >= 15 is 4.39 Å². The fourth-order valence-corrected chi connectivity index (χ4v) is 11.2. The normalized spacial score (nSPS) is 19.5. The van der Waals surface area contributed by atoms with Crippen LogP contribution in [0.15, 0.2) is 84.0 Å². The summed E-state index contributed by atoms with van der Waals surface area (Å²) in [5, 5.41) is 7.97. The molecule has 7 heterocycles. The Labute approximate surface area is 418 Å². The molecule has 0 saturated carbocycles. The number of benzene rings is 3. The Morgan fingerprint density at radius 3 is 2.29 bits per heavy atom. The van der Waals surface area contributed by atoms with E-state index in [1.807, 2.05) is 40.3 Å². The molecular formula is C54H64FN11O6. The summed E-state index contributed by atoms with van der Waals surface area (Å²) in [6, 6.07) is 19.7. The summed E-state index contributed by atoms with van der Waals surface area (Å²) in [7, 11) is 0. The molecular weight excluding hydrogens is 918 g/mol. The Hall–Kier alpha value is -6.47. The van der Waals surface area contributed by atoms with Gasteiger partial charge in [0.1, 0.15) is 18.8 Å². The minimum Gasteiger partial charge on any atom is -0.370 e. The van der Waals surface area contributed by atoms with Crippen LogP contribution in [-0.4, -0.2) is 189 Å². The number of hydrogen-bond donors (Lipinski definition) is 1. The fourth-order valence-electron chi connectivity index (χ4n) is 11.2. The number of aromatic amines is 1. The lowest BCUT2D eigenvalue weighted by Crippen LogP contribution is -2.51. The van der Waals surface area contributed by atoms with Gasteiger partial charge in [0.05, 0.1) is 35.5 Å². The highest BCUT2D eigenvalue weighted by atomic mass is 19.1. The second-order valence-electron chi connectivity index (χ2n) is 20.1. The fraction of sp³-hybridized carbons (Fsp3) is 0.481. The zero-order valence-electron chi connectivity index (χ0n) is 40.9. The second-order valence-corrected chi connectivity index (χ2v) is 20.1. The molecule has 18 heteroatoms. The van der Waals surface area contributed by atoms with Crippen molar-refractivity contribution in [3.05, 3.63) is 135 Å². The quantitative estimate of drug-likeness (QED) is 0.161. The van der Waals surface area contributed by atoms with Crippen LogP contribution in [0, 0.1) is 11.7 Å². The second kappa shape index (κ2) is 22.5. The molecule has 0 spiro atoms. The summed E-state index contributed by atoms with van der Waals surface area (Å²) >= 11 is 0. The van der Waals surface area contributed by atoms with Crippen molar-refractivity contribution < 1.29 is 28.3 Å². The number of aromatic nitrogens is 4. The number of piperazine rings is 2. The van der Waals surface area contributed by atoms with E-state index in [-0.39, 0.29) is 54.5 Å². The molecule has 1 N–H and O–H groups in total. The molecule has 0 bridgehead atoms. The largest absolute Gasteiger partial charge is 0.370 e. The van der Waals surface area contributed by atoms with Crippen molar-refractivity contribution in [2.75, 3.05) is 111 Å². The molecule has 4 amide bonds. The predicted octanol–water partition coefficient (Wildman–Crippen LogP) is 3.64. The van der Waals surface area contributed by atoms with Crippen molar-refractivity contribution in [2.24, 2.45) is 5.92 Å². The number of nitrogens with one attached hydrogen (secondary N) is 1. The summed E-state index contributed by atoms with van der Waals surface area (Å²) in [6.07, 6.45) is 7.84. The molecule has 72 heavy (non-hydrogen) atoms. The topological polar surface area (TPSA) is 172 Å². The maximum atomic E-state index is 15.0. The molecule has 4 fully saturated rings. The number of fused-ring (bicyclic) bond motifs is 2. The van der Waals surface area contributed by atoms with E-state index in [1.165, 1.54) is 6.07 Å². The molecule has 3 aromatic carbocycles. The number of nitrogens with zero attached hydrogens (tertiary/aromatic N) is 10. The van der Waals surface area contributed by atoms with Crippen LogP contribution in [0.3, 0.4) is 0 Å². The number of halogens is 1. The molecule has 17 nitrogen and oxygen atoms in total. The number of carbonyl (C=O) groups is 4. The molecule has 5 aromatic rings. The third-order valence-corrected chi connectivity index (χ3v) is 15.4. The highest BCUT2D eigenvalue weighted by molar-refractivity contribution is 5.95. The Kier molecular flexibility index (Phi) is 15.4. The first-order valence-electron chi connectivity index (χ1n) is 25.6. The number of rotatable bonds is 14. The van der Waals surface area contributed by atoms with E-state index < -0.39 is 11.7 Å². The average molecular weight is 982 g/mol. The highest BCUT2D eigenvalue weighted by Gasteiger charge is 2.31. The summed E-state index contributed by atoms with van der Waals surface area (Å²) in [5.41, 5.74) is 4.94. The Morgan fingerprint density at radius 1 is 0.722 bits per heavy atom. The van der Waals surface area contributed by atoms with Gasteiger partial charge in [0, 0.05) is 127 Å². The third-order valence-electron chi connectivity index (χ3n) is 15.4. The van der Waals surface area contributed by atoms with E-state index in [2.05, 4.69) is 47.0 Å². The van der Waals surface area contributed by atoms with Crippen molar-refractivity contribution in [2.45, 2.75) is 51.1 Å². The van der Waals surface area contributed by atoms with Crippen LogP contribution in [0.2, 0.25) is 0 Å². The Morgan fingerprint density at radius 2 is 1.49 bits per heavy atom. The van der Waals surface area contributed by atoms with E-state index in [4.69, 9.17) is 4.74 Å². The van der Waals surface area contributed by atoms with Crippen LogP contribution in [-0.2, 0) is 33.8 Å². The summed E-state index contributed by atoms with van der Waals surface area (Å²) < 4.78 is 20.9. The minimum atomic E-state index is -0.613. The summed E-state index contributed by atoms with van der Waals surface area (Å²) in [4.78, 5) is 88.8. The van der Waals surface area contributed by atoms with Gasteiger partial charge in [0.15, 0.2) is 0 Å². The first kappa shape index (κ1) is 49.1. The van der Waals surface area contributed by atoms with Crippen molar-refractivity contribution in [3.63, 3.8) is 0 Å². The standard InChI is InChI=1S/C54H64FN11O6/c55-47-11-10-39(28-48-44-8-1-2-9-45(44)52(69)59-58-48)27-46(47)54(71)65-23-21-63(22-24-65)51(68)36-72-26-25-60-15-12-38(13-16-60)31-61-17-19-64(20-18-61)53(70)41-6-3-5-40(29-41)42-7-4-14-66(33-42)50(67)35-62-32-43-30-56-37-57-49(43)34-62/h1-3,5-6,8-11,27,29-30,37-38,42H,4,7,12-26,28,31-36H2,(H,59,69)/t42-/m1/s1. The number of H-pyrrole nitrogens is 1. The molecule has 0 radical (unpaired) electrons. The van der Waals surface area contributed by atoms with E-state index in [0.717, 1.165) is 93.9 Å². The molecule has 5 aliphatic rings. The van der Waals surface area contributed by atoms with Crippen LogP contribution < -0.4 is 5.56 Å². The van der Waals surface area contributed by atoms with Crippen molar-refractivity contribution in [3.8, 4) is 0 Å². The number of amides is 4. The van der Waals surface area contributed by atoms with Crippen LogP contribution in [0.1, 0.15) is 80.4 Å². The summed E-state index contributed by atoms with van der Waals surface area (Å²) in [5.74, 6) is -0.146. The molecule has 10 rings (SSSR count). The Balaban J connectivity index is 0.597. The van der Waals surface area contributed by atoms with Gasteiger partial charge < -0.3 is 29.2 Å². The van der Waals surface area contributed by atoms with Crippen LogP contribution >= 0.6 is 0 Å². The molecule has 2 aromatic heterocycles. The highest BCUT2D eigenvalue weighted by Crippen LogP contribution is 2.29. The number of piperidine rings is 2. The van der Waals surface area contributed by atoms with E-state index in [9.17, 15) is 24.0 Å². The van der Waals surface area contributed by atoms with Gasteiger partial charge in [-0.25, -0.2) is 19.5 Å². The van der Waals surface area contributed by atoms with Gasteiger partial charge in [-0.15, -0.1) is 0 Å². The van der Waals surface area contributed by atoms with Gasteiger partial charge >= 0.3 is 0 Å². The van der Waals surface area contributed by atoms with E-state index in [0.29, 0.717) is 93.3 Å². The van der Waals surface area contributed by atoms with Crippen LogP contribution in [0.5, 0.6) is 0 Å². The van der Waals surface area contributed by atoms with Crippen LogP contribution in [0.4, 0.5) is 4.39 Å². The first-order valence-corrected chi connectivity index (χ1v) is 25.6. The molecule has 378 valence electrons. The molecule has 4 saturated heterocycles. The summed E-state index contributed by atoms with van der Waals surface area (Å²) in [6.45, 7) is 11.7. The number of likely N-dealkylation sites (tertiary alicyclic amines) is 2. The third kappa shape index (κ3) is 11.6. The van der Waals surface area contributed by atoms with Crippen molar-refractivity contribution >= 4 is 34.4 Å². The monoisotopic (exact) mass is 982 g/mol. The van der Waals surface area contributed by atoms with Crippen molar-refractivity contribution in [1.82, 2.24) is 54.5 Å². The zero-order valence-corrected chi connectivity index (χ0v) is 40.9. The SMILES string of the molecule is O=C(COCCN1CCC(CN2CCN(C(=O)c3cccc([C@@H]4CCCN(C(=O)CN5Cc6cncnc6C5)C4)c3)CC2)CC1)N1CCN(C(=O)c2cc(Cc3n[nH]c(=O)c4ccccc34)ccc2F)CC1. The molecule has 0 unspecified atom stereocenters. The van der Waals surface area contributed by atoms with Gasteiger partial charge in [0.2, 0.25) is 11.8 Å². The maximum Gasteiger partial charge on any atom is 0.272 e. The lowest BCUT2D eigenvalue weighted by atomic mass is 9.89. The minimum absolute atomic E-state index is 0.0251. The van der Waals surface area contributed by atoms with Crippen LogP contribution in [0.25, 0.3) is 10.8 Å². The predicted molar refractivity (Wildman–Crippen MR) is 268 cm³/mol. The molecule has 1 atom stereocenters. The maximum absolute atomic E-state index is 15.0. The number of hydrogen-bond acceptors (Lipinski definition) is 12. The average Bonchev–Trinajstić information content (AvgIpc) is 3.84. The van der Waals surface area contributed by atoms with E-state index in [1.54, 1.807) is 40.4 Å². The Bertz CT molecular complexity index is 2800. The van der Waals surface area contributed by atoms with Gasteiger partial charge in [-0.1, -0.05) is 36.4 Å². The van der Waals surface area contributed by atoms with Gasteiger partial charge in [0.25, 0.3) is 17.4 Å². The smallest absolute Gasteiger partial charge is 0.272 e. The first-order chi connectivity index (χ1) is 35.1. The zero-order chi connectivity index (χ0) is 49.6. The number of ether oxygens (including phenoxy) is 1. The molecule has 0 aliphatic carbocycles. The van der Waals surface area contributed by atoms with Gasteiger partial charge in [-0.2, -0.15) is 5.10 Å². The van der Waals surface area contributed by atoms with Crippen molar-refractivity contribution in [1.29, 1.82) is 0 Å².